The zero-order chi connectivity index (χ0) is 24.4. The van der Waals surface area contributed by atoms with Crippen molar-refractivity contribution >= 4 is 62.9 Å². The van der Waals surface area contributed by atoms with Crippen LogP contribution in [0.25, 0.3) is 0 Å². The van der Waals surface area contributed by atoms with Gasteiger partial charge in [-0.15, -0.1) is 0 Å². The van der Waals surface area contributed by atoms with Crippen LogP contribution in [0.2, 0.25) is 15.1 Å². The van der Waals surface area contributed by atoms with Gasteiger partial charge >= 0.3 is 6.09 Å². The van der Waals surface area contributed by atoms with E-state index in [0.717, 1.165) is 4.31 Å². The lowest BCUT2D eigenvalue weighted by molar-refractivity contribution is 0.149. The summed E-state index contributed by atoms with van der Waals surface area (Å²) in [5.74, 6) is 10.5. The summed E-state index contributed by atoms with van der Waals surface area (Å²) >= 11 is 18.2. The average molecular weight is 538 g/mol. The smallest absolute Gasteiger partial charge is 0.407 e. The SMILES string of the molecule is N/N=C\N(N)CCCNC(=O)OCCN(c1cc(Cl)ccc1Cl)S(=O)(=O)c1ccc(Cl)cc1. The van der Waals surface area contributed by atoms with Crippen LogP contribution in [0.4, 0.5) is 10.5 Å². The van der Waals surface area contributed by atoms with Crippen molar-refractivity contribution in [2.24, 2.45) is 16.8 Å². The summed E-state index contributed by atoms with van der Waals surface area (Å²) in [6, 6.07) is 10.1. The van der Waals surface area contributed by atoms with Gasteiger partial charge in [0.1, 0.15) is 12.9 Å². The molecule has 0 heterocycles. The van der Waals surface area contributed by atoms with Crippen LogP contribution >= 0.6 is 34.8 Å². The van der Waals surface area contributed by atoms with Crippen molar-refractivity contribution in [1.29, 1.82) is 0 Å². The van der Waals surface area contributed by atoms with E-state index in [1.54, 1.807) is 0 Å². The number of sulfonamides is 1. The molecule has 10 nitrogen and oxygen atoms in total. The van der Waals surface area contributed by atoms with Crippen LogP contribution in [0.1, 0.15) is 6.42 Å². The van der Waals surface area contributed by atoms with Gasteiger partial charge in [-0.2, -0.15) is 5.10 Å². The number of hydrogen-bond donors (Lipinski definition) is 3. The van der Waals surface area contributed by atoms with Crippen molar-refractivity contribution in [2.75, 3.05) is 30.5 Å². The number of nitrogens with two attached hydrogens (primary N) is 2. The number of nitrogens with one attached hydrogen (secondary N) is 1. The molecular weight excluding hydrogens is 515 g/mol. The molecule has 0 aliphatic rings. The van der Waals surface area contributed by atoms with E-state index in [-0.39, 0.29) is 40.3 Å². The monoisotopic (exact) mass is 536 g/mol. The largest absolute Gasteiger partial charge is 0.448 e. The van der Waals surface area contributed by atoms with Gasteiger partial charge in [0.2, 0.25) is 0 Å². The van der Waals surface area contributed by atoms with E-state index in [2.05, 4.69) is 10.4 Å². The Balaban J connectivity index is 2.07. The molecule has 0 aliphatic heterocycles. The third-order valence-electron chi connectivity index (χ3n) is 4.18. The summed E-state index contributed by atoms with van der Waals surface area (Å²) in [5, 5.41) is 7.92. The highest BCUT2D eigenvalue weighted by Crippen LogP contribution is 2.33. The predicted octanol–water partition coefficient (Wildman–Crippen LogP) is 3.04. The molecule has 33 heavy (non-hydrogen) atoms. The zero-order valence-electron chi connectivity index (χ0n) is 17.3. The van der Waals surface area contributed by atoms with Crippen LogP contribution < -0.4 is 21.3 Å². The quantitative estimate of drug-likeness (QED) is 0.131. The summed E-state index contributed by atoms with van der Waals surface area (Å²) < 4.78 is 32.7. The highest BCUT2D eigenvalue weighted by atomic mass is 35.5. The normalized spacial score (nSPS) is 11.4. The van der Waals surface area contributed by atoms with Crippen LogP contribution in [0.3, 0.4) is 0 Å². The van der Waals surface area contributed by atoms with E-state index in [1.807, 2.05) is 0 Å². The number of ether oxygens (including phenoxy) is 1. The van der Waals surface area contributed by atoms with Crippen LogP contribution in [-0.2, 0) is 14.8 Å². The van der Waals surface area contributed by atoms with Gasteiger partial charge in [0, 0.05) is 23.1 Å². The summed E-state index contributed by atoms with van der Waals surface area (Å²) in [6.45, 7) is 0.228. The topological polar surface area (TPSA) is 143 Å². The number of carbonyl (C=O) groups is 1. The van der Waals surface area contributed by atoms with Gasteiger partial charge in [0.25, 0.3) is 10.0 Å². The molecule has 2 aromatic carbocycles. The number of carbonyl (C=O) groups excluding carboxylic acids is 1. The number of nitrogens with zero attached hydrogens (tertiary/aromatic N) is 3. The van der Waals surface area contributed by atoms with E-state index >= 15 is 0 Å². The summed E-state index contributed by atoms with van der Waals surface area (Å²) in [4.78, 5) is 11.9. The molecule has 0 aromatic heterocycles. The first-order valence-corrected chi connectivity index (χ1v) is 12.1. The molecule has 5 N–H and O–H groups in total. The molecule has 0 bridgehead atoms. The maximum Gasteiger partial charge on any atom is 0.407 e. The third kappa shape index (κ3) is 8.13. The minimum absolute atomic E-state index is 0.0141. The van der Waals surface area contributed by atoms with Crippen LogP contribution in [0, 0.1) is 0 Å². The number of benzene rings is 2. The predicted molar refractivity (Wildman–Crippen MR) is 130 cm³/mol. The number of halogens is 3. The average Bonchev–Trinajstić information content (AvgIpc) is 2.76. The Kier molecular flexibility index (Phi) is 10.3. The van der Waals surface area contributed by atoms with Crippen LogP contribution in [0.15, 0.2) is 52.5 Å². The van der Waals surface area contributed by atoms with E-state index < -0.39 is 16.1 Å². The Morgan fingerprint density at radius 1 is 1.09 bits per heavy atom. The third-order valence-corrected chi connectivity index (χ3v) is 6.82. The minimum atomic E-state index is -4.07. The Labute approximate surface area is 207 Å². The van der Waals surface area contributed by atoms with E-state index in [1.165, 1.54) is 53.8 Å². The molecule has 2 rings (SSSR count). The van der Waals surface area contributed by atoms with Crippen LogP contribution in [-0.4, -0.2) is 52.1 Å². The number of amides is 1. The fraction of sp³-hybridized carbons (Fsp3) is 0.263. The molecular formula is C19H23Cl3N6O4S. The van der Waals surface area contributed by atoms with Gasteiger partial charge in [-0.05, 0) is 48.9 Å². The van der Waals surface area contributed by atoms with Crippen LogP contribution in [0.5, 0.6) is 0 Å². The Hall–Kier alpha value is -2.44. The standard InChI is InChI=1S/C19H23Cl3N6O4S/c20-14-2-5-16(6-3-14)33(30,31)28(18-12-15(21)4-7-17(18)22)10-11-32-19(29)25-8-1-9-27(24)13-26-23/h2-7,12-13H,1,8-11,23-24H2,(H,25,29)/b26-13-. The van der Waals surface area contributed by atoms with Crippen molar-refractivity contribution < 1.29 is 17.9 Å². The first-order valence-electron chi connectivity index (χ1n) is 9.54. The number of anilines is 1. The van der Waals surface area contributed by atoms with Crippen molar-refractivity contribution in [1.82, 2.24) is 10.3 Å². The van der Waals surface area contributed by atoms with Gasteiger partial charge in [-0.1, -0.05) is 34.8 Å². The first kappa shape index (κ1) is 26.8. The first-order chi connectivity index (χ1) is 15.6. The van der Waals surface area contributed by atoms with Crippen molar-refractivity contribution in [3.63, 3.8) is 0 Å². The summed E-state index contributed by atoms with van der Waals surface area (Å²) in [7, 11) is -4.07. The van der Waals surface area contributed by atoms with Crippen molar-refractivity contribution in [3.05, 3.63) is 57.5 Å². The molecule has 0 aliphatic carbocycles. The van der Waals surface area contributed by atoms with Gasteiger partial charge < -0.3 is 15.9 Å². The summed E-state index contributed by atoms with van der Waals surface area (Å²) in [5.41, 5.74) is 0.146. The number of hydrazine groups is 1. The lowest BCUT2D eigenvalue weighted by Gasteiger charge is -2.25. The second-order valence-corrected chi connectivity index (χ2v) is 9.69. The summed E-state index contributed by atoms with van der Waals surface area (Å²) in [6.07, 6.45) is 1.04. The molecule has 0 saturated heterocycles. The van der Waals surface area contributed by atoms with E-state index in [9.17, 15) is 13.2 Å². The van der Waals surface area contributed by atoms with Gasteiger partial charge in [0.05, 0.1) is 22.2 Å². The maximum absolute atomic E-state index is 13.3. The second kappa shape index (κ2) is 12.7. The molecule has 0 fully saturated rings. The Morgan fingerprint density at radius 3 is 2.42 bits per heavy atom. The lowest BCUT2D eigenvalue weighted by atomic mass is 10.3. The molecule has 0 unspecified atom stereocenters. The zero-order valence-corrected chi connectivity index (χ0v) is 20.4. The molecule has 0 radical (unpaired) electrons. The molecule has 1 amide bonds. The Bertz CT molecular complexity index is 1070. The molecule has 0 saturated carbocycles. The molecule has 180 valence electrons. The van der Waals surface area contributed by atoms with E-state index in [0.29, 0.717) is 18.0 Å². The number of hydrazone groups is 1. The highest BCUT2D eigenvalue weighted by molar-refractivity contribution is 7.92. The maximum atomic E-state index is 13.3. The van der Waals surface area contributed by atoms with Gasteiger partial charge in [-0.3, -0.25) is 9.31 Å². The molecule has 2 aromatic rings. The van der Waals surface area contributed by atoms with E-state index in [4.69, 9.17) is 51.2 Å². The number of rotatable bonds is 11. The van der Waals surface area contributed by atoms with Crippen molar-refractivity contribution in [2.45, 2.75) is 11.3 Å². The lowest BCUT2D eigenvalue weighted by Crippen LogP contribution is -2.37. The fourth-order valence-electron chi connectivity index (χ4n) is 2.65. The minimum Gasteiger partial charge on any atom is -0.448 e. The number of hydrogen-bond acceptors (Lipinski definition) is 7. The van der Waals surface area contributed by atoms with Crippen molar-refractivity contribution in [3.8, 4) is 0 Å². The fourth-order valence-corrected chi connectivity index (χ4v) is 4.67. The van der Waals surface area contributed by atoms with Gasteiger partial charge in [0.15, 0.2) is 0 Å². The molecule has 14 heteroatoms. The Morgan fingerprint density at radius 2 is 1.76 bits per heavy atom. The highest BCUT2D eigenvalue weighted by Gasteiger charge is 2.27. The number of alkyl carbamates (subject to hydrolysis) is 1. The molecule has 0 spiro atoms. The second-order valence-electron chi connectivity index (χ2n) is 6.55. The van der Waals surface area contributed by atoms with Gasteiger partial charge in [-0.25, -0.2) is 19.1 Å². The molecule has 0 atom stereocenters.